The maximum Gasteiger partial charge on any atom is 0.186 e. The Morgan fingerprint density at radius 2 is 1.61 bits per heavy atom. The maximum absolute atomic E-state index is 10.9. The van der Waals surface area contributed by atoms with Crippen molar-refractivity contribution in [3.8, 4) is 0 Å². The zero-order valence-corrected chi connectivity index (χ0v) is 21.9. The van der Waals surface area contributed by atoms with Crippen molar-refractivity contribution < 1.29 is 33.5 Å². The smallest absolute Gasteiger partial charge is 0.186 e. The van der Waals surface area contributed by atoms with E-state index < -0.39 is 6.29 Å². The summed E-state index contributed by atoms with van der Waals surface area (Å²) in [4.78, 5) is 0. The number of aliphatic hydroxyl groups excluding tert-OH is 1. The normalized spacial score (nSPS) is 36.5. The van der Waals surface area contributed by atoms with Crippen LogP contribution < -0.4 is 0 Å². The Balaban J connectivity index is 2.02. The molecule has 1 saturated carbocycles. The van der Waals surface area contributed by atoms with Crippen LogP contribution in [0.1, 0.15) is 40.5 Å². The highest BCUT2D eigenvalue weighted by atomic mass is 16.7. The third-order valence-corrected chi connectivity index (χ3v) is 7.60. The van der Waals surface area contributed by atoms with Gasteiger partial charge in [-0.05, 0) is 43.1 Å². The predicted molar refractivity (Wildman–Crippen MR) is 128 cm³/mol. The first-order valence-corrected chi connectivity index (χ1v) is 12.1. The van der Waals surface area contributed by atoms with E-state index in [0.717, 1.165) is 18.4 Å². The fourth-order valence-corrected chi connectivity index (χ4v) is 5.38. The molecule has 1 aliphatic carbocycles. The number of hydrogen-bond acceptors (Lipinski definition) is 7. The summed E-state index contributed by atoms with van der Waals surface area (Å²) in [5.74, 6) is 1.39. The molecule has 0 aromatic heterocycles. The van der Waals surface area contributed by atoms with Crippen molar-refractivity contribution in [2.45, 2.75) is 83.5 Å². The molecule has 7 nitrogen and oxygen atoms in total. The summed E-state index contributed by atoms with van der Waals surface area (Å²) in [6.45, 7) is 8.47. The Kier molecular flexibility index (Phi) is 11.5. The molecule has 0 amide bonds. The van der Waals surface area contributed by atoms with Gasteiger partial charge in [-0.25, -0.2) is 0 Å². The largest absolute Gasteiger partial charge is 0.392 e. The van der Waals surface area contributed by atoms with E-state index in [9.17, 15) is 5.11 Å². The SMILES string of the molecule is CC[C@H](OC)[C@@H](C)[C@@H]1C[C@H]1[C@@H](O)[C@H](C)/C=C/C=C(\C)[C@@H]1O[C@H](OC)[C@H](OC)[C@@H](OC)[C@@H]1OC. The molecule has 2 fully saturated rings. The van der Waals surface area contributed by atoms with Gasteiger partial charge >= 0.3 is 0 Å². The number of hydrogen-bond donors (Lipinski definition) is 1. The van der Waals surface area contributed by atoms with E-state index in [2.05, 4.69) is 26.8 Å². The van der Waals surface area contributed by atoms with Crippen molar-refractivity contribution in [2.24, 2.45) is 23.7 Å². The molecular weight excluding hydrogens is 424 g/mol. The Morgan fingerprint density at radius 1 is 0.970 bits per heavy atom. The highest BCUT2D eigenvalue weighted by Crippen LogP contribution is 2.49. The molecule has 192 valence electrons. The Labute approximate surface area is 200 Å². The zero-order chi connectivity index (χ0) is 24.7. The summed E-state index contributed by atoms with van der Waals surface area (Å²) in [7, 11) is 8.27. The second kappa shape index (κ2) is 13.3. The van der Waals surface area contributed by atoms with Gasteiger partial charge in [0.1, 0.15) is 24.4 Å². The average Bonchev–Trinajstić information content (AvgIpc) is 3.63. The summed E-state index contributed by atoms with van der Waals surface area (Å²) in [6, 6.07) is 0. The highest BCUT2D eigenvalue weighted by molar-refractivity contribution is 5.19. The van der Waals surface area contributed by atoms with Crippen molar-refractivity contribution in [1.29, 1.82) is 0 Å². The quantitative estimate of drug-likeness (QED) is 0.412. The first-order chi connectivity index (χ1) is 15.8. The number of ether oxygens (including phenoxy) is 6. The van der Waals surface area contributed by atoms with Gasteiger partial charge in [-0.3, -0.25) is 0 Å². The van der Waals surface area contributed by atoms with Crippen LogP contribution in [0.3, 0.4) is 0 Å². The van der Waals surface area contributed by atoms with Gasteiger partial charge in [-0.1, -0.05) is 39.0 Å². The average molecular weight is 471 g/mol. The van der Waals surface area contributed by atoms with Gasteiger partial charge in [0, 0.05) is 41.5 Å². The minimum Gasteiger partial charge on any atom is -0.392 e. The molecule has 2 aliphatic rings. The number of methoxy groups -OCH3 is 5. The van der Waals surface area contributed by atoms with Crippen LogP contribution in [0.2, 0.25) is 0 Å². The fourth-order valence-electron chi connectivity index (χ4n) is 5.38. The van der Waals surface area contributed by atoms with E-state index in [1.807, 2.05) is 19.1 Å². The standard InChI is InChI=1S/C26H46O7/c1-10-20(28-5)17(4)18-14-19(18)21(27)15(2)12-11-13-16(3)22-23(29-6)24(30-7)25(31-8)26(32-9)33-22/h11-13,15,17-27H,10,14H2,1-9H3/b12-11+,16-13+/t15-,17+,18+,19-,20+,21+,22+,23-,24+,25-,26+/m1/s1. The lowest BCUT2D eigenvalue weighted by molar-refractivity contribution is -0.295. The van der Waals surface area contributed by atoms with Crippen LogP contribution in [0.25, 0.3) is 0 Å². The third kappa shape index (κ3) is 6.66. The van der Waals surface area contributed by atoms with E-state index in [1.165, 1.54) is 0 Å². The third-order valence-electron chi connectivity index (χ3n) is 7.60. The first-order valence-electron chi connectivity index (χ1n) is 12.1. The maximum atomic E-state index is 10.9. The molecule has 2 rings (SSSR count). The molecule has 0 aromatic carbocycles. The van der Waals surface area contributed by atoms with Gasteiger partial charge in [0.2, 0.25) is 0 Å². The lowest BCUT2D eigenvalue weighted by Crippen LogP contribution is -2.60. The molecule has 1 N–H and O–H groups in total. The van der Waals surface area contributed by atoms with Crippen LogP contribution in [0.4, 0.5) is 0 Å². The highest BCUT2D eigenvalue weighted by Gasteiger charge is 2.49. The van der Waals surface area contributed by atoms with Crippen LogP contribution in [0.15, 0.2) is 23.8 Å². The molecule has 11 atom stereocenters. The lowest BCUT2D eigenvalue weighted by atomic mass is 9.91. The van der Waals surface area contributed by atoms with Crippen LogP contribution in [0.5, 0.6) is 0 Å². The van der Waals surface area contributed by atoms with Crippen LogP contribution in [-0.2, 0) is 28.4 Å². The van der Waals surface area contributed by atoms with E-state index in [-0.39, 0.29) is 42.5 Å². The predicted octanol–water partition coefficient (Wildman–Crippen LogP) is 3.60. The molecule has 1 heterocycles. The van der Waals surface area contributed by atoms with Gasteiger partial charge in [0.25, 0.3) is 0 Å². The molecule has 7 heteroatoms. The number of allylic oxidation sites excluding steroid dienone is 2. The van der Waals surface area contributed by atoms with Crippen LogP contribution >= 0.6 is 0 Å². The van der Waals surface area contributed by atoms with Crippen LogP contribution in [-0.4, -0.2) is 83.6 Å². The molecule has 0 spiro atoms. The summed E-state index contributed by atoms with van der Waals surface area (Å²) in [6.07, 6.45) is 6.10. The summed E-state index contributed by atoms with van der Waals surface area (Å²) in [5, 5.41) is 10.9. The van der Waals surface area contributed by atoms with Crippen molar-refractivity contribution >= 4 is 0 Å². The minimum absolute atomic E-state index is 0.0562. The van der Waals surface area contributed by atoms with Crippen molar-refractivity contribution in [3.63, 3.8) is 0 Å². The molecule has 0 unspecified atom stereocenters. The summed E-state index contributed by atoms with van der Waals surface area (Å²) in [5.41, 5.74) is 0.988. The molecule has 0 bridgehead atoms. The second-order valence-corrected chi connectivity index (χ2v) is 9.51. The summed E-state index contributed by atoms with van der Waals surface area (Å²) >= 11 is 0. The fraction of sp³-hybridized carbons (Fsp3) is 0.846. The molecule has 1 saturated heterocycles. The Bertz CT molecular complexity index is 632. The molecule has 0 radical (unpaired) electrons. The Morgan fingerprint density at radius 3 is 2.12 bits per heavy atom. The monoisotopic (exact) mass is 470 g/mol. The van der Waals surface area contributed by atoms with E-state index in [4.69, 9.17) is 28.4 Å². The van der Waals surface area contributed by atoms with Gasteiger partial charge in [-0.2, -0.15) is 0 Å². The lowest BCUT2D eigenvalue weighted by Gasteiger charge is -2.44. The molecule has 1 aliphatic heterocycles. The van der Waals surface area contributed by atoms with Crippen molar-refractivity contribution in [3.05, 3.63) is 23.8 Å². The number of rotatable bonds is 13. The van der Waals surface area contributed by atoms with Crippen LogP contribution in [0, 0.1) is 23.7 Å². The van der Waals surface area contributed by atoms with Crippen molar-refractivity contribution in [1.82, 2.24) is 0 Å². The number of aliphatic hydroxyl groups is 1. The van der Waals surface area contributed by atoms with Gasteiger partial charge < -0.3 is 33.5 Å². The molecule has 0 aromatic rings. The minimum atomic E-state index is -0.558. The molecular formula is C26H46O7. The summed E-state index contributed by atoms with van der Waals surface area (Å²) < 4.78 is 34.2. The molecule has 33 heavy (non-hydrogen) atoms. The van der Waals surface area contributed by atoms with E-state index in [1.54, 1.807) is 35.5 Å². The van der Waals surface area contributed by atoms with Gasteiger partial charge in [0.05, 0.1) is 12.2 Å². The van der Waals surface area contributed by atoms with Gasteiger partial charge in [0.15, 0.2) is 6.29 Å². The second-order valence-electron chi connectivity index (χ2n) is 9.51. The van der Waals surface area contributed by atoms with E-state index >= 15 is 0 Å². The zero-order valence-electron chi connectivity index (χ0n) is 21.9. The van der Waals surface area contributed by atoms with Gasteiger partial charge in [-0.15, -0.1) is 0 Å². The Hall–Kier alpha value is -0.800. The van der Waals surface area contributed by atoms with Crippen molar-refractivity contribution in [2.75, 3.05) is 35.5 Å². The van der Waals surface area contributed by atoms with E-state index in [0.29, 0.717) is 17.8 Å². The topological polar surface area (TPSA) is 75.6 Å². The first kappa shape index (κ1) is 28.4.